The van der Waals surface area contributed by atoms with E-state index in [-0.39, 0.29) is 18.3 Å². The molecule has 118 valence electrons. The molecule has 0 aromatic carbocycles. The fourth-order valence-electron chi connectivity index (χ4n) is 2.80. The summed E-state index contributed by atoms with van der Waals surface area (Å²) in [5.74, 6) is -0.269. The first-order valence-electron chi connectivity index (χ1n) is 7.36. The van der Waals surface area contributed by atoms with Gasteiger partial charge in [0.25, 0.3) is 0 Å². The van der Waals surface area contributed by atoms with Gasteiger partial charge in [-0.15, -0.1) is 0 Å². The first-order chi connectivity index (χ1) is 10.7. The van der Waals surface area contributed by atoms with E-state index in [1.165, 1.54) is 7.11 Å². The fraction of sp³-hybridized carbons (Fsp3) is 0.533. The summed E-state index contributed by atoms with van der Waals surface area (Å²) < 4.78 is 10.0. The van der Waals surface area contributed by atoms with Gasteiger partial charge in [-0.05, 0) is 12.1 Å². The molecule has 1 atom stereocenters. The summed E-state index contributed by atoms with van der Waals surface area (Å²) in [5.41, 5.74) is 1.02. The standard InChI is InChI=1S/C15H19N3O4/c1-21-15(20)11-8-14(19)18(10-11)13-3-2-12(9-16-13)17-4-6-22-7-5-17/h2-3,9,11H,4-8,10H2,1H3. The molecule has 7 nitrogen and oxygen atoms in total. The maximum Gasteiger partial charge on any atom is 0.311 e. The molecule has 0 N–H and O–H groups in total. The third-order valence-electron chi connectivity index (χ3n) is 4.04. The molecular weight excluding hydrogens is 286 g/mol. The fourth-order valence-corrected chi connectivity index (χ4v) is 2.80. The predicted molar refractivity (Wildman–Crippen MR) is 79.7 cm³/mol. The second-order valence-corrected chi connectivity index (χ2v) is 5.40. The van der Waals surface area contributed by atoms with Gasteiger partial charge in [-0.1, -0.05) is 0 Å². The van der Waals surface area contributed by atoms with Crippen LogP contribution in [0, 0.1) is 5.92 Å². The molecule has 2 aliphatic rings. The minimum atomic E-state index is -0.404. The maximum atomic E-state index is 12.0. The average molecular weight is 305 g/mol. The largest absolute Gasteiger partial charge is 0.469 e. The molecule has 1 amide bonds. The molecule has 2 saturated heterocycles. The molecule has 3 heterocycles. The Balaban J connectivity index is 1.70. The molecule has 1 aromatic heterocycles. The van der Waals surface area contributed by atoms with Crippen molar-refractivity contribution in [1.82, 2.24) is 4.98 Å². The summed E-state index contributed by atoms with van der Waals surface area (Å²) in [6.45, 7) is 3.44. The summed E-state index contributed by atoms with van der Waals surface area (Å²) in [7, 11) is 1.34. The Kier molecular flexibility index (Phi) is 4.24. The van der Waals surface area contributed by atoms with Crippen LogP contribution in [-0.4, -0.2) is 56.8 Å². The van der Waals surface area contributed by atoms with Gasteiger partial charge >= 0.3 is 5.97 Å². The number of esters is 1. The lowest BCUT2D eigenvalue weighted by Crippen LogP contribution is -2.36. The Morgan fingerprint density at radius 2 is 2.14 bits per heavy atom. The highest BCUT2D eigenvalue weighted by Crippen LogP contribution is 2.26. The molecule has 1 unspecified atom stereocenters. The number of morpholine rings is 1. The van der Waals surface area contributed by atoms with Crippen LogP contribution in [0.2, 0.25) is 0 Å². The molecule has 22 heavy (non-hydrogen) atoms. The van der Waals surface area contributed by atoms with Gasteiger partial charge in [0, 0.05) is 26.1 Å². The van der Waals surface area contributed by atoms with Crippen molar-refractivity contribution in [3.63, 3.8) is 0 Å². The van der Waals surface area contributed by atoms with Crippen molar-refractivity contribution in [1.29, 1.82) is 0 Å². The van der Waals surface area contributed by atoms with Crippen molar-refractivity contribution in [3.05, 3.63) is 18.3 Å². The van der Waals surface area contributed by atoms with Gasteiger partial charge in [-0.3, -0.25) is 14.5 Å². The van der Waals surface area contributed by atoms with E-state index in [0.717, 1.165) is 18.8 Å². The zero-order valence-corrected chi connectivity index (χ0v) is 12.5. The molecule has 0 radical (unpaired) electrons. The number of carbonyl (C=O) groups is 2. The topological polar surface area (TPSA) is 72.0 Å². The first-order valence-corrected chi connectivity index (χ1v) is 7.36. The molecule has 0 saturated carbocycles. The number of pyridine rings is 1. The van der Waals surface area contributed by atoms with Crippen LogP contribution < -0.4 is 9.80 Å². The highest BCUT2D eigenvalue weighted by Gasteiger charge is 2.36. The average Bonchev–Trinajstić information content (AvgIpc) is 2.97. The summed E-state index contributed by atoms with van der Waals surface area (Å²) in [6, 6.07) is 3.77. The van der Waals surface area contributed by atoms with Gasteiger partial charge in [-0.25, -0.2) is 4.98 Å². The van der Waals surface area contributed by atoms with Crippen LogP contribution in [-0.2, 0) is 19.1 Å². The third-order valence-corrected chi connectivity index (χ3v) is 4.04. The number of nitrogens with zero attached hydrogens (tertiary/aromatic N) is 3. The van der Waals surface area contributed by atoms with E-state index < -0.39 is 5.92 Å². The Morgan fingerprint density at radius 1 is 1.36 bits per heavy atom. The number of carbonyl (C=O) groups excluding carboxylic acids is 2. The van der Waals surface area contributed by atoms with E-state index >= 15 is 0 Å². The van der Waals surface area contributed by atoms with Crippen molar-refractivity contribution < 1.29 is 19.1 Å². The van der Waals surface area contributed by atoms with Gasteiger partial charge < -0.3 is 14.4 Å². The highest BCUT2D eigenvalue weighted by molar-refractivity contribution is 5.98. The highest BCUT2D eigenvalue weighted by atomic mass is 16.5. The van der Waals surface area contributed by atoms with Gasteiger partial charge in [-0.2, -0.15) is 0 Å². The third kappa shape index (κ3) is 2.89. The SMILES string of the molecule is COC(=O)C1CC(=O)N(c2ccc(N3CCOCC3)cn2)C1. The number of hydrogen-bond acceptors (Lipinski definition) is 6. The lowest BCUT2D eigenvalue weighted by atomic mass is 10.1. The number of anilines is 2. The van der Waals surface area contributed by atoms with E-state index in [1.54, 1.807) is 11.1 Å². The quantitative estimate of drug-likeness (QED) is 0.755. The molecule has 0 bridgehead atoms. The number of hydrogen-bond donors (Lipinski definition) is 0. The molecule has 2 aliphatic heterocycles. The van der Waals surface area contributed by atoms with Gasteiger partial charge in [0.15, 0.2) is 0 Å². The van der Waals surface area contributed by atoms with Crippen molar-refractivity contribution in [2.45, 2.75) is 6.42 Å². The Hall–Kier alpha value is -2.15. The Morgan fingerprint density at radius 3 is 2.77 bits per heavy atom. The van der Waals surface area contributed by atoms with Crippen molar-refractivity contribution >= 4 is 23.4 Å². The first kappa shape index (κ1) is 14.8. The molecule has 1 aromatic rings. The summed E-state index contributed by atoms with van der Waals surface area (Å²) in [6.07, 6.45) is 1.94. The predicted octanol–water partition coefficient (Wildman–Crippen LogP) is 0.444. The van der Waals surface area contributed by atoms with Crippen LogP contribution in [0.1, 0.15) is 6.42 Å². The number of methoxy groups -OCH3 is 1. The van der Waals surface area contributed by atoms with E-state index in [4.69, 9.17) is 9.47 Å². The zero-order chi connectivity index (χ0) is 15.5. The van der Waals surface area contributed by atoms with Crippen LogP contribution in [0.5, 0.6) is 0 Å². The van der Waals surface area contributed by atoms with E-state index in [1.807, 2.05) is 12.1 Å². The van der Waals surface area contributed by atoms with Crippen LogP contribution >= 0.6 is 0 Å². The molecular formula is C15H19N3O4. The molecule has 7 heteroatoms. The lowest BCUT2D eigenvalue weighted by molar-refractivity contribution is -0.145. The normalized spacial score (nSPS) is 22.0. The van der Waals surface area contributed by atoms with Crippen molar-refractivity contribution in [2.75, 3.05) is 49.8 Å². The van der Waals surface area contributed by atoms with E-state index in [9.17, 15) is 9.59 Å². The molecule has 3 rings (SSSR count). The van der Waals surface area contributed by atoms with Gasteiger partial charge in [0.05, 0.1) is 38.1 Å². The monoisotopic (exact) mass is 305 g/mol. The van der Waals surface area contributed by atoms with Crippen LogP contribution in [0.25, 0.3) is 0 Å². The zero-order valence-electron chi connectivity index (χ0n) is 12.5. The van der Waals surface area contributed by atoms with Gasteiger partial charge in [0.1, 0.15) is 5.82 Å². The second kappa shape index (κ2) is 6.31. The molecule has 2 fully saturated rings. The molecule has 0 aliphatic carbocycles. The Labute approximate surface area is 128 Å². The van der Waals surface area contributed by atoms with Crippen LogP contribution in [0.4, 0.5) is 11.5 Å². The number of amides is 1. The number of rotatable bonds is 3. The summed E-state index contributed by atoms with van der Waals surface area (Å²) in [4.78, 5) is 31.7. The lowest BCUT2D eigenvalue weighted by Gasteiger charge is -2.28. The smallest absolute Gasteiger partial charge is 0.311 e. The van der Waals surface area contributed by atoms with Crippen molar-refractivity contribution in [3.8, 4) is 0 Å². The minimum absolute atomic E-state index is 0.0953. The summed E-state index contributed by atoms with van der Waals surface area (Å²) in [5, 5.41) is 0. The van der Waals surface area contributed by atoms with Gasteiger partial charge in [0.2, 0.25) is 5.91 Å². The van der Waals surface area contributed by atoms with E-state index in [0.29, 0.717) is 25.6 Å². The van der Waals surface area contributed by atoms with Crippen LogP contribution in [0.15, 0.2) is 18.3 Å². The molecule has 0 spiro atoms. The second-order valence-electron chi connectivity index (χ2n) is 5.40. The number of ether oxygens (including phenoxy) is 2. The van der Waals surface area contributed by atoms with Crippen molar-refractivity contribution in [2.24, 2.45) is 5.92 Å². The summed E-state index contributed by atoms with van der Waals surface area (Å²) >= 11 is 0. The van der Waals surface area contributed by atoms with E-state index in [2.05, 4.69) is 9.88 Å². The van der Waals surface area contributed by atoms with Crippen LogP contribution in [0.3, 0.4) is 0 Å². The minimum Gasteiger partial charge on any atom is -0.469 e. The number of aromatic nitrogens is 1. The maximum absolute atomic E-state index is 12.0. The Bertz CT molecular complexity index is 554.